The van der Waals surface area contributed by atoms with Crippen LogP contribution in [0.15, 0.2) is 12.2 Å². The van der Waals surface area contributed by atoms with Crippen LogP contribution in [0.25, 0.3) is 0 Å². The molecule has 3 heteroatoms. The highest BCUT2D eigenvalue weighted by Crippen LogP contribution is 2.17. The number of unbranched alkanes of at least 4 members (excludes halogenated alkanes) is 7. The van der Waals surface area contributed by atoms with Crippen molar-refractivity contribution in [1.29, 1.82) is 0 Å². The lowest BCUT2D eigenvalue weighted by Gasteiger charge is -2.33. The fraction of sp³-hybridized carbons (Fsp3) is 0.833. The van der Waals surface area contributed by atoms with Gasteiger partial charge in [-0.25, -0.2) is 4.79 Å². The quantitative estimate of drug-likeness (QED) is 0.172. The highest BCUT2D eigenvalue weighted by Gasteiger charge is 2.27. The highest BCUT2D eigenvalue weighted by atomic mass is 16.6. The van der Waals surface area contributed by atoms with E-state index in [0.29, 0.717) is 10.1 Å². The molecule has 124 valence electrons. The predicted molar refractivity (Wildman–Crippen MR) is 90.0 cm³/mol. The number of carbonyl (C=O) groups excluding carboxylic acids is 1. The Hall–Kier alpha value is -0.830. The van der Waals surface area contributed by atoms with E-state index in [1.807, 2.05) is 0 Å². The number of carbonyl (C=O) groups is 1. The summed E-state index contributed by atoms with van der Waals surface area (Å²) in [4.78, 5) is 11.7. The van der Waals surface area contributed by atoms with Gasteiger partial charge in [-0.15, -0.1) is 0 Å². The summed E-state index contributed by atoms with van der Waals surface area (Å²) in [6.07, 6.45) is 11.2. The van der Waals surface area contributed by atoms with Crippen molar-refractivity contribution in [2.24, 2.45) is 0 Å². The van der Waals surface area contributed by atoms with E-state index in [9.17, 15) is 4.79 Å². The fourth-order valence-corrected chi connectivity index (χ4v) is 2.28. The number of rotatable bonds is 12. The fourth-order valence-electron chi connectivity index (χ4n) is 2.28. The zero-order valence-electron chi connectivity index (χ0n) is 14.9. The van der Waals surface area contributed by atoms with Crippen LogP contribution >= 0.6 is 0 Å². The number of esters is 1. The van der Waals surface area contributed by atoms with Crippen LogP contribution in [0.4, 0.5) is 0 Å². The Balaban J connectivity index is 3.93. The molecule has 1 atom stereocenters. The molecule has 3 nitrogen and oxygen atoms in total. The molecule has 0 saturated heterocycles. The van der Waals surface area contributed by atoms with Gasteiger partial charge in [0.25, 0.3) is 0 Å². The van der Waals surface area contributed by atoms with Crippen molar-refractivity contribution in [3.63, 3.8) is 0 Å². The van der Waals surface area contributed by atoms with E-state index in [1.165, 1.54) is 44.9 Å². The number of quaternary nitrogens is 1. The molecule has 0 saturated carbocycles. The maximum Gasteiger partial charge on any atom is 0.337 e. The van der Waals surface area contributed by atoms with E-state index in [1.54, 1.807) is 6.92 Å². The summed E-state index contributed by atoms with van der Waals surface area (Å²) in [6.45, 7) is 7.60. The Labute approximate surface area is 131 Å². The minimum absolute atomic E-state index is 0.0747. The smallest absolute Gasteiger partial charge is 0.337 e. The Morgan fingerprint density at radius 1 is 1.00 bits per heavy atom. The average Bonchev–Trinajstić information content (AvgIpc) is 2.38. The minimum Gasteiger partial charge on any atom is -0.409 e. The molecular formula is C18H36NO2+. The largest absolute Gasteiger partial charge is 0.409 e. The summed E-state index contributed by atoms with van der Waals surface area (Å²) in [5, 5.41) is 0. The molecule has 0 aliphatic rings. The Bertz CT molecular complexity index is 305. The Morgan fingerprint density at radius 2 is 1.48 bits per heavy atom. The van der Waals surface area contributed by atoms with Gasteiger partial charge >= 0.3 is 5.97 Å². The predicted octanol–water partition coefficient (Wildman–Crippen LogP) is 4.67. The van der Waals surface area contributed by atoms with Crippen molar-refractivity contribution in [3.05, 3.63) is 12.2 Å². The first-order valence-electron chi connectivity index (χ1n) is 8.46. The molecular weight excluding hydrogens is 262 g/mol. The van der Waals surface area contributed by atoms with Gasteiger partial charge in [0.05, 0.1) is 21.1 Å². The number of hydrogen-bond donors (Lipinski definition) is 0. The van der Waals surface area contributed by atoms with Crippen LogP contribution in [-0.4, -0.2) is 37.8 Å². The van der Waals surface area contributed by atoms with Gasteiger partial charge in [0, 0.05) is 12.0 Å². The van der Waals surface area contributed by atoms with E-state index >= 15 is 0 Å². The van der Waals surface area contributed by atoms with Crippen LogP contribution in [0.1, 0.15) is 71.6 Å². The van der Waals surface area contributed by atoms with Gasteiger partial charge in [0.1, 0.15) is 0 Å². The summed E-state index contributed by atoms with van der Waals surface area (Å²) in [6, 6.07) is 0. The zero-order valence-corrected chi connectivity index (χ0v) is 14.9. The van der Waals surface area contributed by atoms with Crippen molar-refractivity contribution in [1.82, 2.24) is 0 Å². The third-order valence-corrected chi connectivity index (χ3v) is 3.76. The maximum atomic E-state index is 11.7. The van der Waals surface area contributed by atoms with Crippen molar-refractivity contribution in [2.45, 2.75) is 77.9 Å². The average molecular weight is 298 g/mol. The van der Waals surface area contributed by atoms with Crippen molar-refractivity contribution in [2.75, 3.05) is 21.1 Å². The van der Waals surface area contributed by atoms with Gasteiger partial charge in [-0.2, -0.15) is 0 Å². The standard InChI is InChI=1S/C18H36NO2/c1-7-8-9-10-11-12-13-14-15-17(19(4,5)6)21-18(20)16(2)3/h17H,2,7-15H2,1,3-6H3/q+1. The van der Waals surface area contributed by atoms with Crippen LogP contribution in [0.2, 0.25) is 0 Å². The summed E-state index contributed by atoms with van der Waals surface area (Å²) in [7, 11) is 6.21. The first kappa shape index (κ1) is 20.2. The monoisotopic (exact) mass is 298 g/mol. The molecule has 0 fully saturated rings. The third kappa shape index (κ3) is 10.5. The van der Waals surface area contributed by atoms with Crippen LogP contribution < -0.4 is 0 Å². The van der Waals surface area contributed by atoms with Crippen molar-refractivity contribution >= 4 is 5.97 Å². The lowest BCUT2D eigenvalue weighted by atomic mass is 10.1. The molecule has 0 heterocycles. The number of nitrogens with zero attached hydrogens (tertiary/aromatic N) is 1. The van der Waals surface area contributed by atoms with Crippen molar-refractivity contribution in [3.8, 4) is 0 Å². The lowest BCUT2D eigenvalue weighted by Crippen LogP contribution is -2.47. The number of hydrogen-bond acceptors (Lipinski definition) is 2. The molecule has 1 unspecified atom stereocenters. The topological polar surface area (TPSA) is 26.3 Å². The van der Waals surface area contributed by atoms with E-state index < -0.39 is 0 Å². The zero-order chi connectivity index (χ0) is 16.3. The van der Waals surface area contributed by atoms with Gasteiger partial charge in [-0.1, -0.05) is 58.4 Å². The van der Waals surface area contributed by atoms with Crippen molar-refractivity contribution < 1.29 is 14.0 Å². The highest BCUT2D eigenvalue weighted by molar-refractivity contribution is 5.86. The van der Waals surface area contributed by atoms with Crippen LogP contribution in [0, 0.1) is 0 Å². The molecule has 0 aliphatic carbocycles. The van der Waals surface area contributed by atoms with Gasteiger partial charge in [-0.3, -0.25) is 4.48 Å². The van der Waals surface area contributed by atoms with Gasteiger partial charge in [0.2, 0.25) is 6.23 Å². The second-order valence-corrected chi connectivity index (χ2v) is 7.02. The lowest BCUT2D eigenvalue weighted by molar-refractivity contribution is -0.917. The molecule has 0 N–H and O–H groups in total. The first-order chi connectivity index (χ1) is 9.79. The molecule has 0 amide bonds. The first-order valence-corrected chi connectivity index (χ1v) is 8.46. The minimum atomic E-state index is -0.271. The van der Waals surface area contributed by atoms with Crippen LogP contribution in [0.5, 0.6) is 0 Å². The van der Waals surface area contributed by atoms with Gasteiger partial charge in [0.15, 0.2) is 0 Å². The summed E-state index contributed by atoms with van der Waals surface area (Å²) in [5.41, 5.74) is 0.476. The molecule has 21 heavy (non-hydrogen) atoms. The molecule has 0 aromatic rings. The molecule has 0 radical (unpaired) electrons. The summed E-state index contributed by atoms with van der Waals surface area (Å²) >= 11 is 0. The summed E-state index contributed by atoms with van der Waals surface area (Å²) in [5.74, 6) is -0.271. The maximum absolute atomic E-state index is 11.7. The van der Waals surface area contributed by atoms with Crippen LogP contribution in [-0.2, 0) is 9.53 Å². The van der Waals surface area contributed by atoms with Gasteiger partial charge < -0.3 is 4.74 Å². The SMILES string of the molecule is C=C(C)C(=O)OC(CCCCCCCCCC)[N+](C)(C)C. The molecule has 0 spiro atoms. The van der Waals surface area contributed by atoms with E-state index in [4.69, 9.17) is 4.74 Å². The van der Waals surface area contributed by atoms with E-state index in [-0.39, 0.29) is 12.2 Å². The Kier molecular flexibility index (Phi) is 10.4. The molecule has 0 rings (SSSR count). The van der Waals surface area contributed by atoms with Crippen LogP contribution in [0.3, 0.4) is 0 Å². The van der Waals surface area contributed by atoms with E-state index in [2.05, 4.69) is 34.6 Å². The molecule has 0 aliphatic heterocycles. The molecule has 0 aromatic carbocycles. The third-order valence-electron chi connectivity index (χ3n) is 3.76. The molecule has 0 aromatic heterocycles. The second-order valence-electron chi connectivity index (χ2n) is 7.02. The summed E-state index contributed by atoms with van der Waals surface area (Å²) < 4.78 is 6.22. The number of ether oxygens (including phenoxy) is 1. The van der Waals surface area contributed by atoms with Gasteiger partial charge in [-0.05, 0) is 13.3 Å². The normalized spacial score (nSPS) is 13.0. The second kappa shape index (κ2) is 10.8. The molecule has 0 bridgehead atoms. The Morgan fingerprint density at radius 3 is 1.90 bits per heavy atom. The van der Waals surface area contributed by atoms with E-state index in [0.717, 1.165) is 12.8 Å².